The number of carbonyl (C=O) groups excluding carboxylic acids is 1. The number of rotatable bonds is 4. The van der Waals surface area contributed by atoms with Crippen LogP contribution in [0, 0.1) is 13.5 Å². The molecular weight excluding hydrogens is 306 g/mol. The van der Waals surface area contributed by atoms with Crippen LogP contribution >= 0.6 is 0 Å². The Labute approximate surface area is 139 Å². The molecule has 0 spiro atoms. The van der Waals surface area contributed by atoms with E-state index in [4.69, 9.17) is 11.3 Å². The molecule has 1 saturated carbocycles. The molecule has 1 saturated heterocycles. The number of carbonyl (C=O) groups is 1. The SMILES string of the molecule is [C-]#[N+]C1(c2ccc(N3CC(Cn4cc(C)nn4)OC3=O)cc2)CC1. The predicted molar refractivity (Wildman–Crippen MR) is 86.3 cm³/mol. The molecule has 2 aromatic rings. The number of hydrogen-bond donors (Lipinski definition) is 0. The van der Waals surface area contributed by atoms with Gasteiger partial charge in [-0.2, -0.15) is 0 Å². The van der Waals surface area contributed by atoms with Crippen LogP contribution < -0.4 is 4.90 Å². The summed E-state index contributed by atoms with van der Waals surface area (Å²) in [6.07, 6.45) is 3.06. The second kappa shape index (κ2) is 5.34. The van der Waals surface area contributed by atoms with E-state index in [0.29, 0.717) is 13.1 Å². The summed E-state index contributed by atoms with van der Waals surface area (Å²) < 4.78 is 7.11. The van der Waals surface area contributed by atoms with Crippen LogP contribution in [-0.2, 0) is 16.8 Å². The topological polar surface area (TPSA) is 64.6 Å². The maximum Gasteiger partial charge on any atom is 0.414 e. The lowest BCUT2D eigenvalue weighted by Crippen LogP contribution is -2.26. The smallest absolute Gasteiger partial charge is 0.414 e. The first-order chi connectivity index (χ1) is 11.6. The monoisotopic (exact) mass is 323 g/mol. The number of cyclic esters (lactones) is 1. The lowest BCUT2D eigenvalue weighted by molar-refractivity contribution is 0.129. The highest BCUT2D eigenvalue weighted by atomic mass is 16.6. The standard InChI is InChI=1S/C17H17N5O2/c1-12-9-21(20-19-12)10-15-11-22(16(23)24-15)14-5-3-13(4-6-14)17(18-2)7-8-17/h3-6,9,15H,7-8,10-11H2,1H3. The summed E-state index contributed by atoms with van der Waals surface area (Å²) in [5.74, 6) is 0. The Morgan fingerprint density at radius 2 is 2.12 bits per heavy atom. The number of aromatic nitrogens is 3. The van der Waals surface area contributed by atoms with Crippen molar-refractivity contribution in [3.63, 3.8) is 0 Å². The Kier molecular flexibility index (Phi) is 3.27. The number of amides is 1. The highest BCUT2D eigenvalue weighted by Crippen LogP contribution is 2.49. The molecule has 4 rings (SSSR count). The van der Waals surface area contributed by atoms with Crippen LogP contribution in [0.2, 0.25) is 0 Å². The van der Waals surface area contributed by atoms with Crippen molar-refractivity contribution in [2.45, 2.75) is 38.0 Å². The van der Waals surface area contributed by atoms with Gasteiger partial charge in [0, 0.05) is 30.3 Å². The third-order valence-corrected chi connectivity index (χ3v) is 4.57. The summed E-state index contributed by atoms with van der Waals surface area (Å²) in [6.45, 7) is 10.2. The van der Waals surface area contributed by atoms with Gasteiger partial charge in [0.05, 0.1) is 18.8 Å². The quantitative estimate of drug-likeness (QED) is 0.811. The molecule has 1 atom stereocenters. The van der Waals surface area contributed by atoms with E-state index in [1.54, 1.807) is 9.58 Å². The number of aryl methyl sites for hydroxylation is 1. The molecule has 1 unspecified atom stereocenters. The van der Waals surface area contributed by atoms with Crippen LogP contribution in [0.15, 0.2) is 30.5 Å². The van der Waals surface area contributed by atoms with E-state index in [-0.39, 0.29) is 17.7 Å². The fourth-order valence-electron chi connectivity index (χ4n) is 3.06. The zero-order valence-corrected chi connectivity index (χ0v) is 13.3. The van der Waals surface area contributed by atoms with Gasteiger partial charge in [0.2, 0.25) is 0 Å². The molecule has 0 N–H and O–H groups in total. The van der Waals surface area contributed by atoms with Crippen LogP contribution in [0.4, 0.5) is 10.5 Å². The Balaban J connectivity index is 1.46. The minimum Gasteiger partial charge on any atom is -0.442 e. The molecule has 122 valence electrons. The normalized spacial score (nSPS) is 21.4. The molecule has 1 aliphatic heterocycles. The van der Waals surface area contributed by atoms with Gasteiger partial charge in [-0.1, -0.05) is 5.21 Å². The van der Waals surface area contributed by atoms with Gasteiger partial charge in [0.15, 0.2) is 0 Å². The Bertz CT molecular complexity index is 816. The third-order valence-electron chi connectivity index (χ3n) is 4.57. The molecule has 0 bridgehead atoms. The Morgan fingerprint density at radius 1 is 1.38 bits per heavy atom. The molecule has 0 radical (unpaired) electrons. The number of nitrogens with zero attached hydrogens (tertiary/aromatic N) is 5. The van der Waals surface area contributed by atoms with Crippen molar-refractivity contribution in [1.82, 2.24) is 15.0 Å². The molecular formula is C17H17N5O2. The van der Waals surface area contributed by atoms with Gasteiger partial charge in [0.1, 0.15) is 6.10 Å². The molecule has 1 aliphatic carbocycles. The predicted octanol–water partition coefficient (Wildman–Crippen LogP) is 2.52. The molecule has 2 fully saturated rings. The number of benzene rings is 1. The summed E-state index contributed by atoms with van der Waals surface area (Å²) in [6, 6.07) is 7.68. The molecule has 24 heavy (non-hydrogen) atoms. The van der Waals surface area contributed by atoms with E-state index in [2.05, 4.69) is 15.2 Å². The zero-order valence-electron chi connectivity index (χ0n) is 13.3. The van der Waals surface area contributed by atoms with Crippen LogP contribution in [0.5, 0.6) is 0 Å². The van der Waals surface area contributed by atoms with E-state index >= 15 is 0 Å². The van der Waals surface area contributed by atoms with E-state index in [1.807, 2.05) is 37.4 Å². The largest absolute Gasteiger partial charge is 0.442 e. The van der Waals surface area contributed by atoms with E-state index in [1.165, 1.54) is 0 Å². The van der Waals surface area contributed by atoms with Crippen molar-refractivity contribution in [3.05, 3.63) is 53.1 Å². The molecule has 2 heterocycles. The van der Waals surface area contributed by atoms with E-state index in [9.17, 15) is 4.79 Å². The van der Waals surface area contributed by atoms with Crippen LogP contribution in [0.1, 0.15) is 24.1 Å². The van der Waals surface area contributed by atoms with Gasteiger partial charge in [-0.3, -0.25) is 4.90 Å². The minimum atomic E-state index is -0.351. The first-order valence-electron chi connectivity index (χ1n) is 7.94. The summed E-state index contributed by atoms with van der Waals surface area (Å²) in [4.78, 5) is 17.5. The van der Waals surface area contributed by atoms with Gasteiger partial charge in [-0.15, -0.1) is 5.10 Å². The van der Waals surface area contributed by atoms with Crippen LogP contribution in [-0.4, -0.2) is 33.7 Å². The minimum absolute atomic E-state index is 0.253. The summed E-state index contributed by atoms with van der Waals surface area (Å²) in [5, 5.41) is 7.92. The average molecular weight is 323 g/mol. The Hall–Kier alpha value is -2.88. The number of ether oxygens (including phenoxy) is 1. The van der Waals surface area contributed by atoms with Crippen molar-refractivity contribution >= 4 is 11.8 Å². The van der Waals surface area contributed by atoms with Gasteiger partial charge >= 0.3 is 6.09 Å². The fourth-order valence-corrected chi connectivity index (χ4v) is 3.06. The highest BCUT2D eigenvalue weighted by Gasteiger charge is 2.52. The number of anilines is 1. The fraction of sp³-hybridized carbons (Fsp3) is 0.412. The van der Waals surface area contributed by atoms with Gasteiger partial charge in [0.25, 0.3) is 5.54 Å². The van der Waals surface area contributed by atoms with E-state index < -0.39 is 0 Å². The molecule has 7 heteroatoms. The first kappa shape index (κ1) is 14.7. The van der Waals surface area contributed by atoms with Crippen LogP contribution in [0.3, 0.4) is 0 Å². The lowest BCUT2D eigenvalue weighted by Gasteiger charge is -2.13. The second-order valence-electron chi connectivity index (χ2n) is 6.39. The summed E-state index contributed by atoms with van der Waals surface area (Å²) in [5.41, 5.74) is 2.34. The molecule has 1 aromatic heterocycles. The molecule has 2 aliphatic rings. The lowest BCUT2D eigenvalue weighted by atomic mass is 10.1. The third kappa shape index (κ3) is 2.50. The van der Waals surface area contributed by atoms with E-state index in [0.717, 1.165) is 29.8 Å². The molecule has 1 aromatic carbocycles. The zero-order chi connectivity index (χ0) is 16.7. The van der Waals surface area contributed by atoms with Gasteiger partial charge in [-0.05, 0) is 31.2 Å². The maximum absolute atomic E-state index is 12.1. The van der Waals surface area contributed by atoms with Crippen molar-refractivity contribution in [2.24, 2.45) is 0 Å². The second-order valence-corrected chi connectivity index (χ2v) is 6.39. The molecule has 1 amide bonds. The highest BCUT2D eigenvalue weighted by molar-refractivity contribution is 5.89. The maximum atomic E-state index is 12.1. The average Bonchev–Trinajstić information content (AvgIpc) is 3.16. The Morgan fingerprint density at radius 3 is 2.71 bits per heavy atom. The first-order valence-corrected chi connectivity index (χ1v) is 7.94. The number of hydrogen-bond acceptors (Lipinski definition) is 4. The van der Waals surface area contributed by atoms with Gasteiger partial charge < -0.3 is 9.58 Å². The van der Waals surface area contributed by atoms with Crippen molar-refractivity contribution in [1.29, 1.82) is 0 Å². The van der Waals surface area contributed by atoms with Crippen molar-refractivity contribution < 1.29 is 9.53 Å². The van der Waals surface area contributed by atoms with Crippen LogP contribution in [0.25, 0.3) is 4.85 Å². The van der Waals surface area contributed by atoms with Crippen molar-refractivity contribution in [3.8, 4) is 0 Å². The van der Waals surface area contributed by atoms with Gasteiger partial charge in [-0.25, -0.2) is 16.0 Å². The summed E-state index contributed by atoms with van der Waals surface area (Å²) in [7, 11) is 0. The van der Waals surface area contributed by atoms with Crippen molar-refractivity contribution in [2.75, 3.05) is 11.4 Å². The molecule has 7 nitrogen and oxygen atoms in total. The summed E-state index contributed by atoms with van der Waals surface area (Å²) >= 11 is 0.